The predicted molar refractivity (Wildman–Crippen MR) is 109 cm³/mol. The van der Waals surface area contributed by atoms with Gasteiger partial charge in [-0.2, -0.15) is 0 Å². The Morgan fingerprint density at radius 2 is 1.85 bits per heavy atom. The first-order valence-corrected chi connectivity index (χ1v) is 10.1. The molecular formula is C21H35N5. The summed E-state index contributed by atoms with van der Waals surface area (Å²) in [5, 5.41) is 7.19. The fourth-order valence-corrected chi connectivity index (χ4v) is 3.92. The number of piperidine rings is 1. The van der Waals surface area contributed by atoms with Gasteiger partial charge in [-0.1, -0.05) is 30.3 Å². The number of nitrogens with zero attached hydrogens (tertiary/aromatic N) is 3. The van der Waals surface area contributed by atoms with Gasteiger partial charge in [-0.05, 0) is 51.3 Å². The van der Waals surface area contributed by atoms with E-state index in [9.17, 15) is 0 Å². The van der Waals surface area contributed by atoms with Crippen molar-refractivity contribution in [3.8, 4) is 0 Å². The summed E-state index contributed by atoms with van der Waals surface area (Å²) in [7, 11) is 6.24. The van der Waals surface area contributed by atoms with Gasteiger partial charge in [0, 0.05) is 45.3 Å². The maximum atomic E-state index is 4.44. The minimum atomic E-state index is 0.520. The van der Waals surface area contributed by atoms with Crippen LogP contribution in [0.25, 0.3) is 0 Å². The molecule has 0 amide bonds. The van der Waals surface area contributed by atoms with Crippen LogP contribution in [0.3, 0.4) is 0 Å². The lowest BCUT2D eigenvalue weighted by Crippen LogP contribution is -2.51. The van der Waals surface area contributed by atoms with Gasteiger partial charge >= 0.3 is 0 Å². The zero-order valence-electron chi connectivity index (χ0n) is 16.6. The Balaban J connectivity index is 1.39. The molecule has 5 heteroatoms. The summed E-state index contributed by atoms with van der Waals surface area (Å²) < 4.78 is 0. The number of benzene rings is 1. The Morgan fingerprint density at radius 3 is 2.42 bits per heavy atom. The molecule has 2 fully saturated rings. The standard InChI is InChI=1S/C21H35N5/c1-22-21(23-15-20(25(2)3)18-9-10-18)24-19-11-13-26(14-12-19)16-17-7-5-4-6-8-17/h4-8,18-20H,9-16H2,1-3H3,(H2,22,23,24). The van der Waals surface area contributed by atoms with Crippen LogP contribution in [0.5, 0.6) is 0 Å². The third-order valence-corrected chi connectivity index (χ3v) is 5.71. The van der Waals surface area contributed by atoms with Gasteiger partial charge in [-0.15, -0.1) is 0 Å². The van der Waals surface area contributed by atoms with E-state index in [0.29, 0.717) is 12.1 Å². The van der Waals surface area contributed by atoms with Crippen molar-refractivity contribution in [2.24, 2.45) is 10.9 Å². The van der Waals surface area contributed by atoms with Gasteiger partial charge in [0.2, 0.25) is 0 Å². The molecule has 0 spiro atoms. The van der Waals surface area contributed by atoms with Gasteiger partial charge in [0.15, 0.2) is 5.96 Å². The average Bonchev–Trinajstić information content (AvgIpc) is 3.48. The monoisotopic (exact) mass is 357 g/mol. The van der Waals surface area contributed by atoms with Crippen LogP contribution < -0.4 is 10.6 Å². The highest BCUT2D eigenvalue weighted by Crippen LogP contribution is 2.34. The smallest absolute Gasteiger partial charge is 0.191 e. The number of likely N-dealkylation sites (tertiary alicyclic amines) is 1. The molecule has 1 heterocycles. The van der Waals surface area contributed by atoms with Crippen LogP contribution in [0, 0.1) is 5.92 Å². The minimum Gasteiger partial charge on any atom is -0.355 e. The second kappa shape index (κ2) is 9.38. The van der Waals surface area contributed by atoms with Crippen molar-refractivity contribution in [3.63, 3.8) is 0 Å². The van der Waals surface area contributed by atoms with Gasteiger partial charge < -0.3 is 15.5 Å². The van der Waals surface area contributed by atoms with Crippen LogP contribution in [0.15, 0.2) is 35.3 Å². The van der Waals surface area contributed by atoms with E-state index in [4.69, 9.17) is 0 Å². The minimum absolute atomic E-state index is 0.520. The molecular weight excluding hydrogens is 322 g/mol. The number of hydrogen-bond donors (Lipinski definition) is 2. The second-order valence-corrected chi connectivity index (χ2v) is 8.00. The van der Waals surface area contributed by atoms with Crippen molar-refractivity contribution in [2.75, 3.05) is 40.8 Å². The van der Waals surface area contributed by atoms with Crippen LogP contribution in [0.1, 0.15) is 31.2 Å². The van der Waals surface area contributed by atoms with Crippen molar-refractivity contribution in [2.45, 2.75) is 44.3 Å². The van der Waals surface area contributed by atoms with Crippen LogP contribution in [0.2, 0.25) is 0 Å². The molecule has 26 heavy (non-hydrogen) atoms. The molecule has 2 N–H and O–H groups in total. The number of hydrogen-bond acceptors (Lipinski definition) is 3. The Hall–Kier alpha value is -1.59. The molecule has 3 rings (SSSR count). The first kappa shape index (κ1) is 19.2. The molecule has 1 aromatic carbocycles. The first-order chi connectivity index (χ1) is 12.7. The van der Waals surface area contributed by atoms with Gasteiger partial charge in [0.05, 0.1) is 0 Å². The van der Waals surface area contributed by atoms with Gasteiger partial charge in [-0.25, -0.2) is 0 Å². The zero-order valence-corrected chi connectivity index (χ0v) is 16.6. The van der Waals surface area contributed by atoms with E-state index < -0.39 is 0 Å². The zero-order chi connectivity index (χ0) is 18.4. The lowest BCUT2D eigenvalue weighted by atomic mass is 10.0. The molecule has 0 bridgehead atoms. The number of nitrogens with one attached hydrogen (secondary N) is 2. The number of likely N-dealkylation sites (N-methyl/N-ethyl adjacent to an activating group) is 1. The first-order valence-electron chi connectivity index (χ1n) is 10.1. The normalized spacial score (nSPS) is 21.0. The average molecular weight is 358 g/mol. The highest BCUT2D eigenvalue weighted by Gasteiger charge is 2.32. The molecule has 0 radical (unpaired) electrons. The molecule has 144 valence electrons. The molecule has 2 aliphatic rings. The Morgan fingerprint density at radius 1 is 1.15 bits per heavy atom. The van der Waals surface area contributed by atoms with E-state index in [0.717, 1.165) is 38.1 Å². The summed E-state index contributed by atoms with van der Waals surface area (Å²) >= 11 is 0. The van der Waals surface area contributed by atoms with Crippen molar-refractivity contribution < 1.29 is 0 Å². The third-order valence-electron chi connectivity index (χ3n) is 5.71. The highest BCUT2D eigenvalue weighted by molar-refractivity contribution is 5.80. The van der Waals surface area contributed by atoms with Gasteiger partial charge in [-0.3, -0.25) is 9.89 Å². The quantitative estimate of drug-likeness (QED) is 0.580. The second-order valence-electron chi connectivity index (χ2n) is 8.00. The van der Waals surface area contributed by atoms with E-state index in [-0.39, 0.29) is 0 Å². The van der Waals surface area contributed by atoms with Gasteiger partial charge in [0.1, 0.15) is 0 Å². The van der Waals surface area contributed by atoms with Crippen molar-refractivity contribution >= 4 is 5.96 Å². The van der Waals surface area contributed by atoms with E-state index in [1.54, 1.807) is 0 Å². The van der Waals surface area contributed by atoms with E-state index in [1.807, 2.05) is 7.05 Å². The molecule has 1 unspecified atom stereocenters. The summed E-state index contributed by atoms with van der Waals surface area (Å²) in [6.07, 6.45) is 5.09. The molecule has 1 saturated heterocycles. The fraction of sp³-hybridized carbons (Fsp3) is 0.667. The summed E-state index contributed by atoms with van der Waals surface area (Å²) in [6.45, 7) is 4.33. The van der Waals surface area contributed by atoms with Crippen LogP contribution in [-0.4, -0.2) is 68.6 Å². The molecule has 1 aliphatic carbocycles. The van der Waals surface area contributed by atoms with Gasteiger partial charge in [0.25, 0.3) is 0 Å². The van der Waals surface area contributed by atoms with E-state index >= 15 is 0 Å². The number of rotatable bonds is 7. The van der Waals surface area contributed by atoms with Crippen LogP contribution >= 0.6 is 0 Å². The SMILES string of the molecule is CN=C(NCC(C1CC1)N(C)C)NC1CCN(Cc2ccccc2)CC1. The Bertz CT molecular complexity index is 557. The molecule has 1 aliphatic heterocycles. The van der Waals surface area contributed by atoms with Crippen molar-refractivity contribution in [1.29, 1.82) is 0 Å². The predicted octanol–water partition coefficient (Wildman–Crippen LogP) is 2.16. The number of guanidine groups is 1. The van der Waals surface area contributed by atoms with Crippen LogP contribution in [0.4, 0.5) is 0 Å². The number of aliphatic imine (C=N–C) groups is 1. The van der Waals surface area contributed by atoms with E-state index in [1.165, 1.54) is 31.2 Å². The molecule has 1 saturated carbocycles. The Kier molecular flexibility index (Phi) is 6.92. The molecule has 1 aromatic rings. The Labute approximate surface area is 158 Å². The highest BCUT2D eigenvalue weighted by atomic mass is 15.2. The summed E-state index contributed by atoms with van der Waals surface area (Å²) in [6, 6.07) is 11.9. The lowest BCUT2D eigenvalue weighted by Gasteiger charge is -2.33. The third kappa shape index (κ3) is 5.71. The molecule has 0 aromatic heterocycles. The summed E-state index contributed by atoms with van der Waals surface area (Å²) in [4.78, 5) is 9.34. The molecule has 1 atom stereocenters. The maximum Gasteiger partial charge on any atom is 0.191 e. The topological polar surface area (TPSA) is 42.9 Å². The van der Waals surface area contributed by atoms with Crippen LogP contribution in [-0.2, 0) is 6.54 Å². The summed E-state index contributed by atoms with van der Waals surface area (Å²) in [5.41, 5.74) is 1.41. The van der Waals surface area contributed by atoms with E-state index in [2.05, 4.69) is 69.9 Å². The lowest BCUT2D eigenvalue weighted by molar-refractivity contribution is 0.198. The fourth-order valence-electron chi connectivity index (χ4n) is 3.92. The van der Waals surface area contributed by atoms with Crippen molar-refractivity contribution in [1.82, 2.24) is 20.4 Å². The summed E-state index contributed by atoms with van der Waals surface area (Å²) in [5.74, 6) is 1.82. The van der Waals surface area contributed by atoms with Crippen molar-refractivity contribution in [3.05, 3.63) is 35.9 Å². The largest absolute Gasteiger partial charge is 0.355 e. The molecule has 5 nitrogen and oxygen atoms in total. The maximum absolute atomic E-state index is 4.44.